The lowest BCUT2D eigenvalue weighted by atomic mass is 9.97. The van der Waals surface area contributed by atoms with Gasteiger partial charge < -0.3 is 4.57 Å². The monoisotopic (exact) mass is 239 g/mol. The van der Waals surface area contributed by atoms with Crippen molar-refractivity contribution in [2.24, 2.45) is 0 Å². The first-order chi connectivity index (χ1) is 7.59. The second-order valence-electron chi connectivity index (χ2n) is 4.41. The SMILES string of the molecule is CC(Cn1ccc2c1CCCC2=O)S(C)=O. The maximum atomic E-state index is 11.6. The van der Waals surface area contributed by atoms with E-state index in [9.17, 15) is 9.00 Å². The molecule has 0 spiro atoms. The molecule has 0 N–H and O–H groups in total. The molecule has 1 aliphatic carbocycles. The highest BCUT2D eigenvalue weighted by molar-refractivity contribution is 7.84. The zero-order valence-corrected chi connectivity index (χ0v) is 10.5. The molecule has 1 aromatic heterocycles. The highest BCUT2D eigenvalue weighted by atomic mass is 32.2. The minimum absolute atomic E-state index is 0.133. The lowest BCUT2D eigenvalue weighted by molar-refractivity contribution is 0.0971. The van der Waals surface area contributed by atoms with Gasteiger partial charge in [-0.1, -0.05) is 0 Å². The number of ketones is 1. The summed E-state index contributed by atoms with van der Waals surface area (Å²) in [6.45, 7) is 2.72. The highest BCUT2D eigenvalue weighted by Crippen LogP contribution is 2.22. The molecule has 0 saturated heterocycles. The second kappa shape index (κ2) is 4.53. The summed E-state index contributed by atoms with van der Waals surface area (Å²) < 4.78 is 13.4. The van der Waals surface area contributed by atoms with E-state index >= 15 is 0 Å². The van der Waals surface area contributed by atoms with Crippen molar-refractivity contribution >= 4 is 16.6 Å². The van der Waals surface area contributed by atoms with Crippen molar-refractivity contribution in [3.8, 4) is 0 Å². The smallest absolute Gasteiger partial charge is 0.164 e. The number of hydrogen-bond acceptors (Lipinski definition) is 2. The summed E-state index contributed by atoms with van der Waals surface area (Å²) in [6, 6.07) is 1.90. The van der Waals surface area contributed by atoms with Crippen molar-refractivity contribution in [3.63, 3.8) is 0 Å². The van der Waals surface area contributed by atoms with Crippen LogP contribution in [-0.4, -0.2) is 26.1 Å². The summed E-state index contributed by atoms with van der Waals surface area (Å²) in [5.41, 5.74) is 2.01. The topological polar surface area (TPSA) is 39.1 Å². The number of Topliss-reactive ketones (excluding diaryl/α,β-unsaturated/α-hetero) is 1. The molecule has 0 aromatic carbocycles. The lowest BCUT2D eigenvalue weighted by Gasteiger charge is -2.17. The van der Waals surface area contributed by atoms with E-state index in [1.807, 2.05) is 19.2 Å². The molecule has 16 heavy (non-hydrogen) atoms. The van der Waals surface area contributed by atoms with Gasteiger partial charge in [0.15, 0.2) is 5.78 Å². The summed E-state index contributed by atoms with van der Waals surface area (Å²) in [5, 5.41) is 0.133. The fraction of sp³-hybridized carbons (Fsp3) is 0.583. The maximum Gasteiger partial charge on any atom is 0.164 e. The Balaban J connectivity index is 2.23. The van der Waals surface area contributed by atoms with Crippen LogP contribution in [-0.2, 0) is 23.8 Å². The second-order valence-corrected chi connectivity index (χ2v) is 6.22. The average Bonchev–Trinajstić information content (AvgIpc) is 2.63. The van der Waals surface area contributed by atoms with E-state index in [0.717, 1.165) is 30.6 Å². The van der Waals surface area contributed by atoms with Crippen LogP contribution >= 0.6 is 0 Å². The number of nitrogens with zero attached hydrogens (tertiary/aromatic N) is 1. The van der Waals surface area contributed by atoms with Crippen molar-refractivity contribution in [2.45, 2.75) is 38.0 Å². The summed E-state index contributed by atoms with van der Waals surface area (Å²) in [4.78, 5) is 11.6. The van der Waals surface area contributed by atoms with Gasteiger partial charge in [-0.2, -0.15) is 0 Å². The minimum Gasteiger partial charge on any atom is -0.350 e. The molecule has 0 fully saturated rings. The molecule has 0 amide bonds. The molecule has 0 saturated carbocycles. The fourth-order valence-corrected chi connectivity index (χ4v) is 2.51. The molecular weight excluding hydrogens is 222 g/mol. The van der Waals surface area contributed by atoms with Crippen molar-refractivity contribution < 1.29 is 9.00 Å². The number of carbonyl (C=O) groups is 1. The molecular formula is C12H17NO2S. The van der Waals surface area contributed by atoms with Gasteiger partial charge in [0.2, 0.25) is 0 Å². The first-order valence-corrected chi connectivity index (χ1v) is 7.25. The minimum atomic E-state index is -0.810. The molecule has 4 heteroatoms. The predicted molar refractivity (Wildman–Crippen MR) is 65.2 cm³/mol. The van der Waals surface area contributed by atoms with Crippen LogP contribution in [0.25, 0.3) is 0 Å². The largest absolute Gasteiger partial charge is 0.350 e. The Labute approximate surface area is 98.3 Å². The van der Waals surface area contributed by atoms with E-state index in [2.05, 4.69) is 4.57 Å². The Bertz CT molecular complexity index is 436. The van der Waals surface area contributed by atoms with Gasteiger partial charge in [-0.05, 0) is 25.8 Å². The van der Waals surface area contributed by atoms with Crippen LogP contribution in [0.3, 0.4) is 0 Å². The van der Waals surface area contributed by atoms with Gasteiger partial charge in [0.1, 0.15) is 0 Å². The van der Waals surface area contributed by atoms with Crippen LogP contribution in [0.5, 0.6) is 0 Å². The van der Waals surface area contributed by atoms with Gasteiger partial charge in [0, 0.05) is 52.7 Å². The number of rotatable bonds is 3. The summed E-state index contributed by atoms with van der Waals surface area (Å²) in [6.07, 6.45) is 6.27. The Morgan fingerprint density at radius 1 is 1.50 bits per heavy atom. The van der Waals surface area contributed by atoms with E-state index in [-0.39, 0.29) is 11.0 Å². The molecule has 2 atom stereocenters. The van der Waals surface area contributed by atoms with Gasteiger partial charge >= 0.3 is 0 Å². The number of hydrogen-bond donors (Lipinski definition) is 0. The van der Waals surface area contributed by atoms with Gasteiger partial charge in [-0.15, -0.1) is 0 Å². The Morgan fingerprint density at radius 2 is 2.25 bits per heavy atom. The number of aromatic nitrogens is 1. The quantitative estimate of drug-likeness (QED) is 0.806. The first-order valence-electron chi connectivity index (χ1n) is 5.63. The highest BCUT2D eigenvalue weighted by Gasteiger charge is 2.21. The van der Waals surface area contributed by atoms with Crippen LogP contribution in [0.15, 0.2) is 12.3 Å². The van der Waals surface area contributed by atoms with Crippen LogP contribution in [0.4, 0.5) is 0 Å². The Kier molecular flexibility index (Phi) is 3.28. The van der Waals surface area contributed by atoms with E-state index in [0.29, 0.717) is 6.42 Å². The molecule has 1 aromatic rings. The molecule has 1 heterocycles. The molecule has 2 unspecified atom stereocenters. The molecule has 3 nitrogen and oxygen atoms in total. The van der Waals surface area contributed by atoms with E-state index < -0.39 is 10.8 Å². The molecule has 2 rings (SSSR count). The van der Waals surface area contributed by atoms with Crippen molar-refractivity contribution in [1.29, 1.82) is 0 Å². The van der Waals surface area contributed by atoms with E-state index in [1.165, 1.54) is 0 Å². The molecule has 1 aliphatic rings. The van der Waals surface area contributed by atoms with Crippen molar-refractivity contribution in [1.82, 2.24) is 4.57 Å². The third-order valence-corrected chi connectivity index (χ3v) is 4.50. The zero-order valence-electron chi connectivity index (χ0n) is 9.73. The van der Waals surface area contributed by atoms with Crippen LogP contribution in [0.2, 0.25) is 0 Å². The summed E-state index contributed by atoms with van der Waals surface area (Å²) >= 11 is 0. The third kappa shape index (κ3) is 2.12. The van der Waals surface area contributed by atoms with Gasteiger partial charge in [0.25, 0.3) is 0 Å². The Hall–Kier alpha value is -0.900. The third-order valence-electron chi connectivity index (χ3n) is 3.22. The van der Waals surface area contributed by atoms with Gasteiger partial charge in [-0.25, -0.2) is 0 Å². The summed E-state index contributed by atoms with van der Waals surface area (Å²) in [7, 11) is -0.810. The standard InChI is InChI=1S/C12H17NO2S/c1-9(16(2)15)8-13-7-6-10-11(13)4-3-5-12(10)14/h6-7,9H,3-5,8H2,1-2H3. The normalized spacial score (nSPS) is 19.2. The number of carbonyl (C=O) groups excluding carboxylic acids is 1. The molecule has 0 radical (unpaired) electrons. The Morgan fingerprint density at radius 3 is 2.94 bits per heavy atom. The lowest BCUT2D eigenvalue weighted by Crippen LogP contribution is -2.20. The predicted octanol–water partition coefficient (Wildman–Crippen LogP) is 1.77. The van der Waals surface area contributed by atoms with Crippen LogP contribution in [0, 0.1) is 0 Å². The van der Waals surface area contributed by atoms with Crippen LogP contribution < -0.4 is 0 Å². The number of fused-ring (bicyclic) bond motifs is 1. The van der Waals surface area contributed by atoms with E-state index in [1.54, 1.807) is 6.26 Å². The van der Waals surface area contributed by atoms with Crippen LogP contribution in [0.1, 0.15) is 35.8 Å². The van der Waals surface area contributed by atoms with Gasteiger partial charge in [-0.3, -0.25) is 9.00 Å². The van der Waals surface area contributed by atoms with Crippen molar-refractivity contribution in [2.75, 3.05) is 6.26 Å². The van der Waals surface area contributed by atoms with E-state index in [4.69, 9.17) is 0 Å². The van der Waals surface area contributed by atoms with Gasteiger partial charge in [0.05, 0.1) is 0 Å². The zero-order chi connectivity index (χ0) is 11.7. The van der Waals surface area contributed by atoms with Crippen molar-refractivity contribution in [3.05, 3.63) is 23.5 Å². The average molecular weight is 239 g/mol. The fourth-order valence-electron chi connectivity index (χ4n) is 2.14. The summed E-state index contributed by atoms with van der Waals surface area (Å²) in [5.74, 6) is 0.255. The molecule has 0 aliphatic heterocycles. The maximum absolute atomic E-state index is 11.6. The first kappa shape index (κ1) is 11.6. The molecule has 88 valence electrons. The molecule has 0 bridgehead atoms.